The SMILES string of the molecule is O=C(OCc1ccccc1)N(Cc1ccccc1)CC1CCCCO1. The van der Waals surface area contributed by atoms with Crippen molar-refractivity contribution in [1.29, 1.82) is 0 Å². The predicted molar refractivity (Wildman–Crippen MR) is 97.1 cm³/mol. The van der Waals surface area contributed by atoms with E-state index in [1.807, 2.05) is 60.7 Å². The Hall–Kier alpha value is -2.33. The van der Waals surface area contributed by atoms with Crippen LogP contribution in [-0.4, -0.2) is 30.2 Å². The fourth-order valence-corrected chi connectivity index (χ4v) is 3.02. The van der Waals surface area contributed by atoms with Crippen LogP contribution in [0.3, 0.4) is 0 Å². The van der Waals surface area contributed by atoms with Crippen LogP contribution in [0.2, 0.25) is 0 Å². The zero-order valence-corrected chi connectivity index (χ0v) is 14.5. The van der Waals surface area contributed by atoms with Gasteiger partial charge in [-0.25, -0.2) is 4.79 Å². The van der Waals surface area contributed by atoms with Gasteiger partial charge in [-0.1, -0.05) is 60.7 Å². The van der Waals surface area contributed by atoms with Crippen molar-refractivity contribution in [1.82, 2.24) is 4.90 Å². The molecular weight excluding hydrogens is 314 g/mol. The summed E-state index contributed by atoms with van der Waals surface area (Å²) in [5.74, 6) is 0. The van der Waals surface area contributed by atoms with Crippen LogP contribution in [0.5, 0.6) is 0 Å². The first-order valence-electron chi connectivity index (χ1n) is 8.92. The number of carbonyl (C=O) groups excluding carboxylic acids is 1. The number of amides is 1. The van der Waals surface area contributed by atoms with Crippen LogP contribution < -0.4 is 0 Å². The van der Waals surface area contributed by atoms with E-state index in [2.05, 4.69) is 0 Å². The molecule has 1 saturated heterocycles. The summed E-state index contributed by atoms with van der Waals surface area (Å²) in [5.41, 5.74) is 2.08. The van der Waals surface area contributed by atoms with E-state index in [0.29, 0.717) is 13.1 Å². The highest BCUT2D eigenvalue weighted by atomic mass is 16.6. The van der Waals surface area contributed by atoms with Crippen LogP contribution in [0.15, 0.2) is 60.7 Å². The van der Waals surface area contributed by atoms with Gasteiger partial charge in [-0.2, -0.15) is 0 Å². The summed E-state index contributed by atoms with van der Waals surface area (Å²) < 4.78 is 11.3. The molecule has 0 radical (unpaired) electrons. The average molecular weight is 339 g/mol. The van der Waals surface area contributed by atoms with Crippen LogP contribution in [0.1, 0.15) is 30.4 Å². The zero-order valence-electron chi connectivity index (χ0n) is 14.5. The fourth-order valence-electron chi connectivity index (χ4n) is 3.02. The standard InChI is InChI=1S/C21H25NO3/c23-21(25-17-19-11-5-2-6-12-19)22(15-18-9-3-1-4-10-18)16-20-13-7-8-14-24-20/h1-6,9-12,20H,7-8,13-17H2. The smallest absolute Gasteiger partial charge is 0.410 e. The van der Waals surface area contributed by atoms with Crippen LogP contribution in [0, 0.1) is 0 Å². The van der Waals surface area contributed by atoms with Crippen molar-refractivity contribution in [2.75, 3.05) is 13.2 Å². The highest BCUT2D eigenvalue weighted by molar-refractivity contribution is 5.67. The number of rotatable bonds is 6. The number of hydrogen-bond donors (Lipinski definition) is 0. The van der Waals surface area contributed by atoms with Crippen molar-refractivity contribution < 1.29 is 14.3 Å². The van der Waals surface area contributed by atoms with Gasteiger partial charge in [0.15, 0.2) is 0 Å². The lowest BCUT2D eigenvalue weighted by Crippen LogP contribution is -2.39. The first kappa shape index (κ1) is 17.5. The minimum atomic E-state index is -0.290. The second-order valence-electron chi connectivity index (χ2n) is 6.39. The molecule has 1 heterocycles. The van der Waals surface area contributed by atoms with Crippen molar-refractivity contribution in [3.8, 4) is 0 Å². The number of hydrogen-bond acceptors (Lipinski definition) is 3. The summed E-state index contributed by atoms with van der Waals surface area (Å²) in [6, 6.07) is 19.8. The first-order valence-corrected chi connectivity index (χ1v) is 8.92. The predicted octanol–water partition coefficient (Wildman–Crippen LogP) is 4.39. The maximum atomic E-state index is 12.6. The van der Waals surface area contributed by atoms with Gasteiger partial charge in [-0.3, -0.25) is 0 Å². The molecule has 1 aliphatic heterocycles. The molecule has 1 aliphatic rings. The lowest BCUT2D eigenvalue weighted by atomic mass is 10.1. The second kappa shape index (κ2) is 9.23. The van der Waals surface area contributed by atoms with E-state index < -0.39 is 0 Å². The molecular formula is C21H25NO3. The third-order valence-electron chi connectivity index (χ3n) is 4.38. The largest absolute Gasteiger partial charge is 0.445 e. The maximum Gasteiger partial charge on any atom is 0.410 e. The summed E-state index contributed by atoms with van der Waals surface area (Å²) in [4.78, 5) is 14.4. The Balaban J connectivity index is 1.62. The molecule has 4 heteroatoms. The van der Waals surface area contributed by atoms with Gasteiger partial charge in [0.1, 0.15) is 6.61 Å². The maximum absolute atomic E-state index is 12.6. The van der Waals surface area contributed by atoms with Gasteiger partial charge in [0, 0.05) is 13.2 Å². The van der Waals surface area contributed by atoms with Crippen LogP contribution >= 0.6 is 0 Å². The minimum absolute atomic E-state index is 0.0988. The first-order chi connectivity index (χ1) is 12.3. The Morgan fingerprint density at radius 1 is 1.00 bits per heavy atom. The molecule has 0 aliphatic carbocycles. The van der Waals surface area contributed by atoms with Crippen molar-refractivity contribution in [3.05, 3.63) is 71.8 Å². The molecule has 25 heavy (non-hydrogen) atoms. The minimum Gasteiger partial charge on any atom is -0.445 e. The van der Waals surface area contributed by atoms with Crippen molar-refractivity contribution in [3.63, 3.8) is 0 Å². The summed E-state index contributed by atoms with van der Waals surface area (Å²) in [6.45, 7) is 2.18. The molecule has 3 rings (SSSR count). The third kappa shape index (κ3) is 5.61. The Bertz CT molecular complexity index is 639. The molecule has 0 saturated carbocycles. The third-order valence-corrected chi connectivity index (χ3v) is 4.38. The van der Waals surface area contributed by atoms with E-state index in [4.69, 9.17) is 9.47 Å². The summed E-state index contributed by atoms with van der Waals surface area (Å²) in [6.07, 6.45) is 3.07. The van der Waals surface area contributed by atoms with Gasteiger partial charge in [0.05, 0.1) is 12.6 Å². The topological polar surface area (TPSA) is 38.8 Å². The second-order valence-corrected chi connectivity index (χ2v) is 6.39. The fraction of sp³-hybridized carbons (Fsp3) is 0.381. The summed E-state index contributed by atoms with van der Waals surface area (Å²) in [5, 5.41) is 0. The molecule has 1 unspecified atom stereocenters. The van der Waals surface area contributed by atoms with E-state index in [1.165, 1.54) is 0 Å². The molecule has 2 aromatic rings. The van der Waals surface area contributed by atoms with Gasteiger partial charge in [-0.15, -0.1) is 0 Å². The van der Waals surface area contributed by atoms with Crippen LogP contribution in [0.4, 0.5) is 4.79 Å². The Kier molecular flexibility index (Phi) is 6.46. The zero-order chi connectivity index (χ0) is 17.3. The number of carbonyl (C=O) groups is 1. The molecule has 0 bridgehead atoms. The van der Waals surface area contributed by atoms with Gasteiger partial charge in [-0.05, 0) is 30.4 Å². The van der Waals surface area contributed by atoms with E-state index >= 15 is 0 Å². The molecule has 0 spiro atoms. The lowest BCUT2D eigenvalue weighted by Gasteiger charge is -2.29. The quantitative estimate of drug-likeness (QED) is 0.783. The monoisotopic (exact) mass is 339 g/mol. The molecule has 2 aromatic carbocycles. The number of nitrogens with zero attached hydrogens (tertiary/aromatic N) is 1. The molecule has 1 amide bonds. The van der Waals surface area contributed by atoms with Crippen molar-refractivity contribution >= 4 is 6.09 Å². The van der Waals surface area contributed by atoms with E-state index in [-0.39, 0.29) is 18.8 Å². The molecule has 132 valence electrons. The number of benzene rings is 2. The van der Waals surface area contributed by atoms with Crippen LogP contribution in [0.25, 0.3) is 0 Å². The van der Waals surface area contributed by atoms with Gasteiger partial charge in [0.25, 0.3) is 0 Å². The van der Waals surface area contributed by atoms with Crippen molar-refractivity contribution in [2.45, 2.75) is 38.5 Å². The van der Waals surface area contributed by atoms with E-state index in [9.17, 15) is 4.79 Å². The average Bonchev–Trinajstić information content (AvgIpc) is 2.68. The molecule has 4 nitrogen and oxygen atoms in total. The summed E-state index contributed by atoms with van der Waals surface area (Å²) in [7, 11) is 0. The van der Waals surface area contributed by atoms with E-state index in [1.54, 1.807) is 4.90 Å². The Morgan fingerprint density at radius 2 is 1.68 bits per heavy atom. The van der Waals surface area contributed by atoms with E-state index in [0.717, 1.165) is 37.0 Å². The highest BCUT2D eigenvalue weighted by Gasteiger charge is 2.22. The van der Waals surface area contributed by atoms with Crippen molar-refractivity contribution in [2.24, 2.45) is 0 Å². The molecule has 1 fully saturated rings. The molecule has 1 atom stereocenters. The lowest BCUT2D eigenvalue weighted by molar-refractivity contribution is -0.00871. The van der Waals surface area contributed by atoms with Gasteiger partial charge >= 0.3 is 6.09 Å². The molecule has 0 N–H and O–H groups in total. The Labute approximate surface area is 149 Å². The van der Waals surface area contributed by atoms with Crippen LogP contribution in [-0.2, 0) is 22.6 Å². The van der Waals surface area contributed by atoms with Gasteiger partial charge in [0.2, 0.25) is 0 Å². The Morgan fingerprint density at radius 3 is 2.32 bits per heavy atom. The number of ether oxygens (including phenoxy) is 2. The normalized spacial score (nSPS) is 17.0. The molecule has 0 aromatic heterocycles. The van der Waals surface area contributed by atoms with Gasteiger partial charge < -0.3 is 14.4 Å². The summed E-state index contributed by atoms with van der Waals surface area (Å²) >= 11 is 0. The highest BCUT2D eigenvalue weighted by Crippen LogP contribution is 2.16.